The second-order valence-corrected chi connectivity index (χ2v) is 4.11. The molecule has 0 bridgehead atoms. The van der Waals surface area contributed by atoms with Crippen molar-refractivity contribution in [3.8, 4) is 0 Å². The predicted octanol–water partition coefficient (Wildman–Crippen LogP) is 2.89. The van der Waals surface area contributed by atoms with E-state index >= 15 is 0 Å². The summed E-state index contributed by atoms with van der Waals surface area (Å²) in [5.74, 6) is -0.449. The molecule has 0 amide bonds. The minimum absolute atomic E-state index is 0.316. The Morgan fingerprint density at radius 2 is 1.94 bits per heavy atom. The van der Waals surface area contributed by atoms with Gasteiger partial charge in [-0.15, -0.1) is 0 Å². The highest BCUT2D eigenvalue weighted by Crippen LogP contribution is 2.28. The van der Waals surface area contributed by atoms with Crippen LogP contribution in [0.25, 0.3) is 0 Å². The summed E-state index contributed by atoms with van der Waals surface area (Å²) < 4.78 is 38.0. The first-order valence-corrected chi connectivity index (χ1v) is 5.30. The van der Waals surface area contributed by atoms with Crippen LogP contribution in [-0.2, 0) is 0 Å². The number of alkyl halides is 2. The molecule has 96 valence electrons. The Morgan fingerprint density at radius 1 is 1.35 bits per heavy atom. The number of hydrogen-bond donors (Lipinski definition) is 1. The van der Waals surface area contributed by atoms with Gasteiger partial charge in [0.05, 0.1) is 12.6 Å². The maximum Gasteiger partial charge on any atom is 0.255 e. The summed E-state index contributed by atoms with van der Waals surface area (Å²) in [4.78, 5) is 1.32. The van der Waals surface area contributed by atoms with Crippen molar-refractivity contribution < 1.29 is 18.3 Å². The zero-order chi connectivity index (χ0) is 13.2. The molecule has 0 heterocycles. The normalized spacial score (nSPS) is 12.9. The highest BCUT2D eigenvalue weighted by atomic mass is 19.3. The van der Waals surface area contributed by atoms with Gasteiger partial charge in [-0.25, -0.2) is 13.2 Å². The molecule has 0 saturated carbocycles. The van der Waals surface area contributed by atoms with Crippen molar-refractivity contribution in [2.45, 2.75) is 26.4 Å². The zero-order valence-corrected chi connectivity index (χ0v) is 10.0. The molecule has 0 spiro atoms. The molecule has 1 N–H and O–H groups in total. The summed E-state index contributed by atoms with van der Waals surface area (Å²) >= 11 is 0. The predicted molar refractivity (Wildman–Crippen MR) is 61.0 cm³/mol. The summed E-state index contributed by atoms with van der Waals surface area (Å²) in [5.41, 5.74) is 1.11. The first-order chi connectivity index (χ1) is 7.82. The van der Waals surface area contributed by atoms with Crippen molar-refractivity contribution in [2.24, 2.45) is 0 Å². The Morgan fingerprint density at radius 3 is 2.41 bits per heavy atom. The monoisotopic (exact) mass is 247 g/mol. The number of aliphatic hydroxyl groups excluding tert-OH is 1. The maximum absolute atomic E-state index is 13.4. The molecule has 17 heavy (non-hydrogen) atoms. The Labute approximate surface area is 98.7 Å². The Kier molecular flexibility index (Phi) is 4.40. The molecule has 2 nitrogen and oxygen atoms in total. The molecule has 1 rings (SSSR count). The van der Waals surface area contributed by atoms with Crippen LogP contribution in [0, 0.1) is 12.7 Å². The van der Waals surface area contributed by atoms with E-state index in [2.05, 4.69) is 0 Å². The van der Waals surface area contributed by atoms with E-state index in [1.165, 1.54) is 31.0 Å². The number of hydrogen-bond acceptors (Lipinski definition) is 2. The third-order valence-electron chi connectivity index (χ3n) is 2.58. The van der Waals surface area contributed by atoms with Crippen LogP contribution in [0.1, 0.15) is 24.2 Å². The fourth-order valence-electron chi connectivity index (χ4n) is 1.65. The average Bonchev–Trinajstić information content (AvgIpc) is 2.19. The number of nitrogens with zero attached hydrogens (tertiary/aromatic N) is 1. The van der Waals surface area contributed by atoms with E-state index in [1.54, 1.807) is 6.92 Å². The lowest BCUT2D eigenvalue weighted by molar-refractivity contribution is 0.156. The van der Waals surface area contributed by atoms with E-state index in [9.17, 15) is 18.3 Å². The number of aliphatic hydroxyl groups is 1. The molecular formula is C12H16F3NO. The van der Waals surface area contributed by atoms with Crippen LogP contribution >= 0.6 is 0 Å². The third kappa shape index (κ3) is 3.36. The summed E-state index contributed by atoms with van der Waals surface area (Å²) in [5, 5.41) is 9.52. The van der Waals surface area contributed by atoms with Crippen molar-refractivity contribution in [3.63, 3.8) is 0 Å². The van der Waals surface area contributed by atoms with Crippen molar-refractivity contribution in [1.29, 1.82) is 0 Å². The molecule has 5 heteroatoms. The minimum Gasteiger partial charge on any atom is -0.389 e. The van der Waals surface area contributed by atoms with E-state index in [4.69, 9.17) is 0 Å². The average molecular weight is 247 g/mol. The number of benzene rings is 1. The van der Waals surface area contributed by atoms with Crippen molar-refractivity contribution in [2.75, 3.05) is 18.5 Å². The van der Waals surface area contributed by atoms with Crippen LogP contribution < -0.4 is 4.90 Å². The first-order valence-electron chi connectivity index (χ1n) is 5.30. The molecule has 1 unspecified atom stereocenters. The summed E-state index contributed by atoms with van der Waals surface area (Å²) in [6.45, 7) is 2.58. The molecule has 0 radical (unpaired) electrons. The highest BCUT2D eigenvalue weighted by Gasteiger charge is 2.17. The third-order valence-corrected chi connectivity index (χ3v) is 2.58. The first kappa shape index (κ1) is 13.8. The smallest absolute Gasteiger partial charge is 0.255 e. The maximum atomic E-state index is 13.4. The molecule has 0 aliphatic carbocycles. The number of halogens is 3. The lowest BCUT2D eigenvalue weighted by Gasteiger charge is -2.24. The highest BCUT2D eigenvalue weighted by molar-refractivity contribution is 5.56. The van der Waals surface area contributed by atoms with E-state index in [0.29, 0.717) is 16.8 Å². The molecule has 1 atom stereocenters. The van der Waals surface area contributed by atoms with Gasteiger partial charge in [-0.1, -0.05) is 0 Å². The van der Waals surface area contributed by atoms with Crippen molar-refractivity contribution in [3.05, 3.63) is 29.1 Å². The van der Waals surface area contributed by atoms with Gasteiger partial charge in [0.1, 0.15) is 5.82 Å². The van der Waals surface area contributed by atoms with Crippen molar-refractivity contribution >= 4 is 5.69 Å². The molecule has 0 saturated heterocycles. The molecule has 0 aliphatic heterocycles. The van der Waals surface area contributed by atoms with Gasteiger partial charge in [0.2, 0.25) is 0 Å². The Hall–Kier alpha value is -1.23. The summed E-state index contributed by atoms with van der Waals surface area (Å²) in [6.07, 6.45) is -3.38. The van der Waals surface area contributed by atoms with Crippen LogP contribution in [0.15, 0.2) is 12.1 Å². The molecule has 1 aromatic carbocycles. The van der Waals surface area contributed by atoms with Crippen molar-refractivity contribution in [1.82, 2.24) is 0 Å². The van der Waals surface area contributed by atoms with Crippen LogP contribution in [0.3, 0.4) is 0 Å². The molecule has 0 aromatic heterocycles. The lowest BCUT2D eigenvalue weighted by atomic mass is 10.0. The minimum atomic E-state index is -2.48. The van der Waals surface area contributed by atoms with Gasteiger partial charge in [-0.05, 0) is 31.5 Å². The van der Waals surface area contributed by atoms with Crippen LogP contribution in [0.2, 0.25) is 0 Å². The fourth-order valence-corrected chi connectivity index (χ4v) is 1.65. The largest absolute Gasteiger partial charge is 0.389 e. The topological polar surface area (TPSA) is 23.5 Å². The van der Waals surface area contributed by atoms with Gasteiger partial charge in [0, 0.05) is 18.3 Å². The number of aryl methyl sites for hydroxylation is 1. The van der Waals surface area contributed by atoms with Gasteiger partial charge in [0.15, 0.2) is 0 Å². The van der Waals surface area contributed by atoms with E-state index in [0.717, 1.165) is 0 Å². The summed E-state index contributed by atoms with van der Waals surface area (Å²) in [7, 11) is 1.49. The number of anilines is 1. The molecule has 1 aromatic rings. The Bertz CT molecular complexity index is 394. The van der Waals surface area contributed by atoms with Gasteiger partial charge in [-0.2, -0.15) is 0 Å². The fraction of sp³-hybridized carbons (Fsp3) is 0.500. The van der Waals surface area contributed by atoms with Gasteiger partial charge in [0.25, 0.3) is 6.43 Å². The quantitative estimate of drug-likeness (QED) is 0.884. The number of rotatable bonds is 4. The second kappa shape index (κ2) is 5.40. The molecule has 0 aliphatic rings. The summed E-state index contributed by atoms with van der Waals surface area (Å²) in [6, 6.07) is 2.66. The van der Waals surface area contributed by atoms with E-state index in [1.807, 2.05) is 0 Å². The van der Waals surface area contributed by atoms with Gasteiger partial charge in [-0.3, -0.25) is 0 Å². The Balaban J connectivity index is 3.16. The van der Waals surface area contributed by atoms with Gasteiger partial charge < -0.3 is 10.0 Å². The standard InChI is InChI=1S/C12H16F3NO/c1-7-4-11(16(3)6-12(14)15)9(8(2)17)5-10(7)13/h4-5,8,12,17H,6H2,1-3H3. The van der Waals surface area contributed by atoms with Crippen LogP contribution in [-0.4, -0.2) is 25.1 Å². The SMILES string of the molecule is Cc1cc(N(C)CC(F)F)c(C(C)O)cc1F. The zero-order valence-electron chi connectivity index (χ0n) is 10.0. The lowest BCUT2D eigenvalue weighted by Crippen LogP contribution is -2.25. The van der Waals surface area contributed by atoms with Gasteiger partial charge >= 0.3 is 0 Å². The molecular weight excluding hydrogens is 231 g/mol. The van der Waals surface area contributed by atoms with Crippen LogP contribution in [0.5, 0.6) is 0 Å². The second-order valence-electron chi connectivity index (χ2n) is 4.11. The molecule has 0 fully saturated rings. The van der Waals surface area contributed by atoms with Crippen LogP contribution in [0.4, 0.5) is 18.9 Å². The van der Waals surface area contributed by atoms with E-state index in [-0.39, 0.29) is 0 Å². The van der Waals surface area contributed by atoms with E-state index < -0.39 is 24.9 Å².